The van der Waals surface area contributed by atoms with Gasteiger partial charge in [0.15, 0.2) is 0 Å². The Morgan fingerprint density at radius 2 is 1.58 bits per heavy atom. The van der Waals surface area contributed by atoms with E-state index < -0.39 is 0 Å². The fraction of sp³-hybridized carbons (Fsp3) is 0.733. The van der Waals surface area contributed by atoms with Crippen LogP contribution in [0.5, 0.6) is 0 Å². The van der Waals surface area contributed by atoms with Gasteiger partial charge >= 0.3 is 0 Å². The largest absolute Gasteiger partial charge is 0.370 e. The van der Waals surface area contributed by atoms with Gasteiger partial charge in [0, 0.05) is 24.6 Å². The third-order valence-electron chi connectivity index (χ3n) is 2.81. The van der Waals surface area contributed by atoms with Gasteiger partial charge in [-0.05, 0) is 19.3 Å². The van der Waals surface area contributed by atoms with Gasteiger partial charge in [0.05, 0.1) is 0 Å². The van der Waals surface area contributed by atoms with Crippen LogP contribution in [0.2, 0.25) is 0 Å². The summed E-state index contributed by atoms with van der Waals surface area (Å²) < 4.78 is 0. The van der Waals surface area contributed by atoms with Gasteiger partial charge in [0.1, 0.15) is 17.5 Å². The van der Waals surface area contributed by atoms with Gasteiger partial charge in [-0.2, -0.15) is 0 Å². The van der Waals surface area contributed by atoms with Crippen molar-refractivity contribution in [3.8, 4) is 0 Å². The van der Waals surface area contributed by atoms with Crippen molar-refractivity contribution in [1.29, 1.82) is 0 Å². The van der Waals surface area contributed by atoms with Gasteiger partial charge in [0.2, 0.25) is 0 Å². The first-order valence-electron chi connectivity index (χ1n) is 7.11. The molecular formula is C15H28N4. The lowest BCUT2D eigenvalue weighted by Gasteiger charge is -2.21. The van der Waals surface area contributed by atoms with E-state index in [0.29, 0.717) is 5.92 Å². The van der Waals surface area contributed by atoms with Crippen molar-refractivity contribution < 1.29 is 0 Å². The molecule has 0 aliphatic carbocycles. The fourth-order valence-corrected chi connectivity index (χ4v) is 1.65. The van der Waals surface area contributed by atoms with Crippen LogP contribution in [0.3, 0.4) is 0 Å². The first kappa shape index (κ1) is 15.7. The summed E-state index contributed by atoms with van der Waals surface area (Å²) in [6.07, 6.45) is 0. The van der Waals surface area contributed by atoms with Crippen LogP contribution in [-0.2, 0) is 0 Å². The Labute approximate surface area is 117 Å². The molecule has 0 spiro atoms. The summed E-state index contributed by atoms with van der Waals surface area (Å²) in [6, 6.07) is 0. The summed E-state index contributed by atoms with van der Waals surface area (Å²) in [5.74, 6) is 3.10. The number of hydrogen-bond donors (Lipinski definition) is 2. The third kappa shape index (κ3) is 4.69. The molecule has 0 radical (unpaired) electrons. The normalized spacial score (nSPS) is 11.8. The summed E-state index contributed by atoms with van der Waals surface area (Å²) >= 11 is 0. The van der Waals surface area contributed by atoms with Crippen LogP contribution in [0.15, 0.2) is 0 Å². The molecule has 0 atom stereocenters. The van der Waals surface area contributed by atoms with E-state index >= 15 is 0 Å². The molecular weight excluding hydrogens is 236 g/mol. The predicted octanol–water partition coefficient (Wildman–Crippen LogP) is 3.80. The number of nitrogens with one attached hydrogen (secondary N) is 2. The third-order valence-corrected chi connectivity index (χ3v) is 2.81. The zero-order valence-electron chi connectivity index (χ0n) is 13.4. The maximum atomic E-state index is 4.66. The van der Waals surface area contributed by atoms with Crippen molar-refractivity contribution >= 4 is 11.6 Å². The number of aromatic nitrogens is 2. The van der Waals surface area contributed by atoms with E-state index in [1.165, 1.54) is 0 Å². The highest BCUT2D eigenvalue weighted by Crippen LogP contribution is 2.24. The van der Waals surface area contributed by atoms with Crippen molar-refractivity contribution in [2.24, 2.45) is 5.41 Å². The molecule has 4 nitrogen and oxygen atoms in total. The van der Waals surface area contributed by atoms with Crippen LogP contribution in [-0.4, -0.2) is 23.1 Å². The van der Waals surface area contributed by atoms with Crippen LogP contribution >= 0.6 is 0 Å². The fourth-order valence-electron chi connectivity index (χ4n) is 1.65. The maximum Gasteiger partial charge on any atom is 0.135 e. The van der Waals surface area contributed by atoms with E-state index in [1.54, 1.807) is 0 Å². The minimum atomic E-state index is 0.230. The molecule has 0 unspecified atom stereocenters. The number of nitrogens with zero attached hydrogens (tertiary/aromatic N) is 2. The SMILES string of the molecule is CCNc1nc(C(C)C)nc(NCC(C)(C)C)c1C. The van der Waals surface area contributed by atoms with Gasteiger partial charge in [-0.3, -0.25) is 0 Å². The second kappa shape index (κ2) is 6.22. The van der Waals surface area contributed by atoms with E-state index in [9.17, 15) is 0 Å². The molecule has 108 valence electrons. The van der Waals surface area contributed by atoms with E-state index in [0.717, 1.165) is 36.1 Å². The van der Waals surface area contributed by atoms with Crippen molar-refractivity contribution in [2.75, 3.05) is 23.7 Å². The lowest BCUT2D eigenvalue weighted by atomic mass is 9.97. The second-order valence-electron chi connectivity index (χ2n) is 6.50. The Kier molecular flexibility index (Phi) is 5.15. The highest BCUT2D eigenvalue weighted by atomic mass is 15.1. The summed E-state index contributed by atoms with van der Waals surface area (Å²) in [6.45, 7) is 16.8. The molecule has 0 amide bonds. The molecule has 2 N–H and O–H groups in total. The Bertz CT molecular complexity index is 419. The molecule has 0 aliphatic rings. The molecule has 0 fully saturated rings. The molecule has 1 heterocycles. The number of rotatable bonds is 5. The van der Waals surface area contributed by atoms with Crippen LogP contribution < -0.4 is 10.6 Å². The first-order valence-corrected chi connectivity index (χ1v) is 7.11. The topological polar surface area (TPSA) is 49.8 Å². The molecule has 0 aromatic carbocycles. The number of anilines is 2. The first-order chi connectivity index (χ1) is 8.74. The highest BCUT2D eigenvalue weighted by Gasteiger charge is 2.15. The molecule has 0 bridgehead atoms. The lowest BCUT2D eigenvalue weighted by Crippen LogP contribution is -2.21. The van der Waals surface area contributed by atoms with Crippen molar-refractivity contribution in [3.63, 3.8) is 0 Å². The monoisotopic (exact) mass is 264 g/mol. The van der Waals surface area contributed by atoms with Gasteiger partial charge < -0.3 is 10.6 Å². The van der Waals surface area contributed by atoms with E-state index in [2.05, 4.69) is 69.1 Å². The van der Waals surface area contributed by atoms with Crippen LogP contribution in [0.4, 0.5) is 11.6 Å². The van der Waals surface area contributed by atoms with Crippen molar-refractivity contribution in [1.82, 2.24) is 9.97 Å². The standard InChI is InChI=1S/C15H28N4/c1-8-16-13-11(4)14(17-9-15(5,6)7)19-12(18-13)10(2)3/h10H,8-9H2,1-7H3,(H2,16,17,18,19). The van der Waals surface area contributed by atoms with E-state index in [-0.39, 0.29) is 5.41 Å². The summed E-state index contributed by atoms with van der Waals surface area (Å²) in [5, 5.41) is 6.77. The average molecular weight is 264 g/mol. The maximum absolute atomic E-state index is 4.66. The zero-order chi connectivity index (χ0) is 14.6. The smallest absolute Gasteiger partial charge is 0.135 e. The second-order valence-corrected chi connectivity index (χ2v) is 6.50. The van der Waals surface area contributed by atoms with Crippen LogP contribution in [0.25, 0.3) is 0 Å². The predicted molar refractivity (Wildman–Crippen MR) is 83.0 cm³/mol. The van der Waals surface area contributed by atoms with Crippen molar-refractivity contribution in [3.05, 3.63) is 11.4 Å². The Morgan fingerprint density at radius 1 is 1.05 bits per heavy atom. The molecule has 0 saturated carbocycles. The Hall–Kier alpha value is -1.32. The van der Waals surface area contributed by atoms with E-state index in [4.69, 9.17) is 0 Å². The zero-order valence-corrected chi connectivity index (χ0v) is 13.4. The van der Waals surface area contributed by atoms with Crippen LogP contribution in [0, 0.1) is 12.3 Å². The molecule has 1 aromatic heterocycles. The molecule has 0 saturated heterocycles. The molecule has 0 aliphatic heterocycles. The Balaban J connectivity index is 3.07. The van der Waals surface area contributed by atoms with Crippen molar-refractivity contribution in [2.45, 2.75) is 54.4 Å². The highest BCUT2D eigenvalue weighted by molar-refractivity contribution is 5.57. The van der Waals surface area contributed by atoms with Gasteiger partial charge in [-0.1, -0.05) is 34.6 Å². The van der Waals surface area contributed by atoms with E-state index in [1.807, 2.05) is 0 Å². The average Bonchev–Trinajstić information content (AvgIpc) is 2.29. The minimum absolute atomic E-state index is 0.230. The Morgan fingerprint density at radius 3 is 2.00 bits per heavy atom. The molecule has 4 heteroatoms. The van der Waals surface area contributed by atoms with Crippen LogP contribution in [0.1, 0.15) is 58.8 Å². The summed E-state index contributed by atoms with van der Waals surface area (Å²) in [4.78, 5) is 9.26. The summed E-state index contributed by atoms with van der Waals surface area (Å²) in [5.41, 5.74) is 1.32. The molecule has 1 rings (SSSR count). The van der Waals surface area contributed by atoms with Gasteiger partial charge in [-0.15, -0.1) is 0 Å². The minimum Gasteiger partial charge on any atom is -0.370 e. The van der Waals surface area contributed by atoms with Gasteiger partial charge in [-0.25, -0.2) is 9.97 Å². The quantitative estimate of drug-likeness (QED) is 0.849. The lowest BCUT2D eigenvalue weighted by molar-refractivity contribution is 0.442. The van der Waals surface area contributed by atoms with Gasteiger partial charge in [0.25, 0.3) is 0 Å². The number of hydrogen-bond acceptors (Lipinski definition) is 4. The molecule has 19 heavy (non-hydrogen) atoms. The summed E-state index contributed by atoms with van der Waals surface area (Å²) in [7, 11) is 0. The molecule has 1 aromatic rings.